The summed E-state index contributed by atoms with van der Waals surface area (Å²) in [6, 6.07) is 0. The maximum absolute atomic E-state index is 12.1. The molecule has 1 N–H and O–H groups in total. The van der Waals surface area contributed by atoms with Gasteiger partial charge in [0, 0.05) is 0 Å². The number of rotatable bonds is 2. The van der Waals surface area contributed by atoms with Crippen molar-refractivity contribution in [1.82, 2.24) is 0 Å². The van der Waals surface area contributed by atoms with Crippen molar-refractivity contribution in [2.24, 2.45) is 0 Å². The van der Waals surface area contributed by atoms with Gasteiger partial charge in [0.25, 0.3) is 0 Å². The highest BCUT2D eigenvalue weighted by Crippen LogP contribution is 2.47. The van der Waals surface area contributed by atoms with E-state index >= 15 is 0 Å². The van der Waals surface area contributed by atoms with Gasteiger partial charge in [0.1, 0.15) is 5.60 Å². The molecule has 0 aromatic rings. The summed E-state index contributed by atoms with van der Waals surface area (Å²) in [6.07, 6.45) is 0.0356. The van der Waals surface area contributed by atoms with E-state index in [2.05, 4.69) is 0 Å². The fourth-order valence-corrected chi connectivity index (χ4v) is 0.609. The molecule has 0 spiro atoms. The predicted octanol–water partition coefficient (Wildman–Crippen LogP) is 1.12. The summed E-state index contributed by atoms with van der Waals surface area (Å²) in [5.74, 6) is -3.52. The highest BCUT2D eigenvalue weighted by molar-refractivity contribution is 5.04. The van der Waals surface area contributed by atoms with Crippen LogP contribution in [0.2, 0.25) is 0 Å². The second-order valence-electron chi connectivity index (χ2n) is 2.37. The SMILES string of the molecule is OC1(C(F)(F)CF)CC1. The molecule has 9 heavy (non-hydrogen) atoms. The monoisotopic (exact) mass is 140 g/mol. The van der Waals surface area contributed by atoms with Crippen LogP contribution in [-0.4, -0.2) is 23.3 Å². The van der Waals surface area contributed by atoms with Crippen LogP contribution in [-0.2, 0) is 0 Å². The van der Waals surface area contributed by atoms with Crippen molar-refractivity contribution in [3.63, 3.8) is 0 Å². The summed E-state index contributed by atoms with van der Waals surface area (Å²) in [5, 5.41) is 8.67. The summed E-state index contributed by atoms with van der Waals surface area (Å²) in [6.45, 7) is -1.76. The van der Waals surface area contributed by atoms with Gasteiger partial charge in [-0.2, -0.15) is 0 Å². The normalized spacial score (nSPS) is 24.0. The Morgan fingerprint density at radius 1 is 1.44 bits per heavy atom. The van der Waals surface area contributed by atoms with Crippen LogP contribution in [0.1, 0.15) is 12.8 Å². The number of aliphatic hydroxyl groups is 1. The van der Waals surface area contributed by atoms with Gasteiger partial charge in [-0.05, 0) is 12.8 Å². The highest BCUT2D eigenvalue weighted by atomic mass is 19.3. The molecule has 1 fully saturated rings. The van der Waals surface area contributed by atoms with E-state index < -0.39 is 18.2 Å². The zero-order chi connectivity index (χ0) is 7.12. The zero-order valence-corrected chi connectivity index (χ0v) is 4.70. The van der Waals surface area contributed by atoms with E-state index in [0.29, 0.717) is 0 Å². The first kappa shape index (κ1) is 6.86. The van der Waals surface area contributed by atoms with E-state index in [1.165, 1.54) is 0 Å². The molecule has 1 saturated carbocycles. The van der Waals surface area contributed by atoms with E-state index in [9.17, 15) is 13.2 Å². The lowest BCUT2D eigenvalue weighted by atomic mass is 10.2. The standard InChI is InChI=1S/C5H7F3O/c6-3-5(7,8)4(9)1-2-4/h9H,1-3H2. The second-order valence-corrected chi connectivity index (χ2v) is 2.37. The summed E-state index contributed by atoms with van der Waals surface area (Å²) >= 11 is 0. The van der Waals surface area contributed by atoms with Crippen molar-refractivity contribution < 1.29 is 18.3 Å². The van der Waals surface area contributed by atoms with Gasteiger partial charge in [-0.1, -0.05) is 0 Å². The third kappa shape index (κ3) is 0.913. The number of alkyl halides is 3. The van der Waals surface area contributed by atoms with Gasteiger partial charge >= 0.3 is 5.92 Å². The molecule has 4 heteroatoms. The quantitative estimate of drug-likeness (QED) is 0.609. The van der Waals surface area contributed by atoms with Gasteiger partial charge < -0.3 is 5.11 Å². The fraction of sp³-hybridized carbons (Fsp3) is 1.00. The molecule has 54 valence electrons. The molecule has 0 heterocycles. The smallest absolute Gasteiger partial charge is 0.303 e. The van der Waals surface area contributed by atoms with Crippen molar-refractivity contribution in [2.75, 3.05) is 6.67 Å². The van der Waals surface area contributed by atoms with Crippen LogP contribution < -0.4 is 0 Å². The maximum Gasteiger partial charge on any atom is 0.303 e. The van der Waals surface area contributed by atoms with Gasteiger partial charge in [0.15, 0.2) is 6.67 Å². The Kier molecular flexibility index (Phi) is 1.24. The molecule has 1 rings (SSSR count). The molecule has 1 nitrogen and oxygen atoms in total. The Bertz CT molecular complexity index is 119. The lowest BCUT2D eigenvalue weighted by Crippen LogP contribution is -2.37. The third-order valence-corrected chi connectivity index (χ3v) is 1.57. The molecule has 0 bridgehead atoms. The Morgan fingerprint density at radius 3 is 2.00 bits per heavy atom. The average molecular weight is 140 g/mol. The minimum atomic E-state index is -3.52. The molecule has 0 saturated heterocycles. The minimum absolute atomic E-state index is 0.0178. The Labute approximate surface area is 50.5 Å². The van der Waals surface area contributed by atoms with E-state index in [1.807, 2.05) is 0 Å². The van der Waals surface area contributed by atoms with Gasteiger partial charge in [0.2, 0.25) is 0 Å². The minimum Gasteiger partial charge on any atom is -0.383 e. The van der Waals surface area contributed by atoms with Crippen molar-refractivity contribution in [1.29, 1.82) is 0 Å². The number of halogens is 3. The van der Waals surface area contributed by atoms with E-state index in [4.69, 9.17) is 5.11 Å². The molecule has 1 aliphatic rings. The van der Waals surface area contributed by atoms with E-state index in [-0.39, 0.29) is 12.8 Å². The van der Waals surface area contributed by atoms with Crippen LogP contribution >= 0.6 is 0 Å². The Hall–Kier alpha value is -0.250. The molecular formula is C5H7F3O. The molecular weight excluding hydrogens is 133 g/mol. The van der Waals surface area contributed by atoms with Crippen LogP contribution in [0.4, 0.5) is 13.2 Å². The lowest BCUT2D eigenvalue weighted by molar-refractivity contribution is -0.136. The molecule has 0 atom stereocenters. The molecule has 0 aliphatic heterocycles. The summed E-state index contributed by atoms with van der Waals surface area (Å²) in [5.41, 5.74) is -2.01. The number of hydrogen-bond donors (Lipinski definition) is 1. The van der Waals surface area contributed by atoms with Gasteiger partial charge in [-0.3, -0.25) is 0 Å². The Morgan fingerprint density at radius 2 is 1.89 bits per heavy atom. The molecule has 0 unspecified atom stereocenters. The first-order valence-corrected chi connectivity index (χ1v) is 2.68. The molecule has 1 aliphatic carbocycles. The summed E-state index contributed by atoms with van der Waals surface area (Å²) in [4.78, 5) is 0. The topological polar surface area (TPSA) is 20.2 Å². The molecule has 0 aromatic carbocycles. The van der Waals surface area contributed by atoms with Crippen molar-refractivity contribution in [3.05, 3.63) is 0 Å². The zero-order valence-electron chi connectivity index (χ0n) is 4.70. The lowest BCUT2D eigenvalue weighted by Gasteiger charge is -2.17. The largest absolute Gasteiger partial charge is 0.383 e. The number of hydrogen-bond acceptors (Lipinski definition) is 1. The van der Waals surface area contributed by atoms with Crippen LogP contribution in [0.25, 0.3) is 0 Å². The first-order chi connectivity index (χ1) is 4.02. The van der Waals surface area contributed by atoms with Crippen molar-refractivity contribution >= 4 is 0 Å². The van der Waals surface area contributed by atoms with Crippen LogP contribution in [0.5, 0.6) is 0 Å². The van der Waals surface area contributed by atoms with E-state index in [0.717, 1.165) is 0 Å². The van der Waals surface area contributed by atoms with Gasteiger partial charge in [0.05, 0.1) is 0 Å². The van der Waals surface area contributed by atoms with Gasteiger partial charge in [-0.25, -0.2) is 13.2 Å². The predicted molar refractivity (Wildman–Crippen MR) is 25.1 cm³/mol. The fourth-order valence-electron chi connectivity index (χ4n) is 0.609. The molecule has 0 radical (unpaired) electrons. The van der Waals surface area contributed by atoms with Gasteiger partial charge in [-0.15, -0.1) is 0 Å². The van der Waals surface area contributed by atoms with Crippen molar-refractivity contribution in [3.8, 4) is 0 Å². The molecule has 0 aromatic heterocycles. The average Bonchev–Trinajstić information content (AvgIpc) is 2.49. The second kappa shape index (κ2) is 1.62. The van der Waals surface area contributed by atoms with E-state index in [1.54, 1.807) is 0 Å². The summed E-state index contributed by atoms with van der Waals surface area (Å²) < 4.78 is 35.6. The molecule has 0 amide bonds. The first-order valence-electron chi connectivity index (χ1n) is 2.68. The maximum atomic E-state index is 12.1. The van der Waals surface area contributed by atoms with Crippen LogP contribution in [0, 0.1) is 0 Å². The summed E-state index contributed by atoms with van der Waals surface area (Å²) in [7, 11) is 0. The Balaban J connectivity index is 2.58. The highest BCUT2D eigenvalue weighted by Gasteiger charge is 2.61. The van der Waals surface area contributed by atoms with Crippen molar-refractivity contribution in [2.45, 2.75) is 24.4 Å². The third-order valence-electron chi connectivity index (χ3n) is 1.57. The van der Waals surface area contributed by atoms with Crippen LogP contribution in [0.15, 0.2) is 0 Å². The van der Waals surface area contributed by atoms with Crippen LogP contribution in [0.3, 0.4) is 0 Å².